The summed E-state index contributed by atoms with van der Waals surface area (Å²) in [5.41, 5.74) is 2.48. The molecule has 3 heterocycles. The molecule has 3 heteroatoms. The van der Waals surface area contributed by atoms with Crippen LogP contribution in [-0.4, -0.2) is 29.7 Å². The molecular formula is C11H14N2O. The van der Waals surface area contributed by atoms with Crippen molar-refractivity contribution in [3.8, 4) is 0 Å². The van der Waals surface area contributed by atoms with Crippen molar-refractivity contribution in [2.45, 2.75) is 13.3 Å². The van der Waals surface area contributed by atoms with Gasteiger partial charge >= 0.3 is 0 Å². The van der Waals surface area contributed by atoms with E-state index in [9.17, 15) is 0 Å². The van der Waals surface area contributed by atoms with Gasteiger partial charge in [-0.05, 0) is 37.5 Å². The summed E-state index contributed by atoms with van der Waals surface area (Å²) >= 11 is 0. The van der Waals surface area contributed by atoms with Gasteiger partial charge in [-0.15, -0.1) is 0 Å². The molecule has 0 N–H and O–H groups in total. The van der Waals surface area contributed by atoms with Crippen LogP contribution in [0.3, 0.4) is 0 Å². The predicted molar refractivity (Wildman–Crippen MR) is 53.8 cm³/mol. The van der Waals surface area contributed by atoms with Crippen LogP contribution in [0.1, 0.15) is 17.9 Å². The molecule has 2 aliphatic rings. The highest BCUT2D eigenvalue weighted by Crippen LogP contribution is 2.33. The van der Waals surface area contributed by atoms with E-state index in [0.717, 1.165) is 23.9 Å². The van der Waals surface area contributed by atoms with E-state index in [0.29, 0.717) is 0 Å². The van der Waals surface area contributed by atoms with Gasteiger partial charge in [0.2, 0.25) is 0 Å². The molecule has 1 aromatic rings. The minimum atomic E-state index is 0.778. The average molecular weight is 190 g/mol. The molecule has 2 fully saturated rings. The first-order chi connectivity index (χ1) is 6.81. The molecule has 2 aliphatic heterocycles. The number of hydrogen-bond acceptors (Lipinski definition) is 3. The smallest absolute Gasteiger partial charge is 0.159 e. The molecule has 0 amide bonds. The summed E-state index contributed by atoms with van der Waals surface area (Å²) < 4.78 is 5.19. The number of aromatic nitrogens is 1. The number of rotatable bonds is 1. The third-order valence-electron chi connectivity index (χ3n) is 3.18. The zero-order chi connectivity index (χ0) is 9.54. The summed E-state index contributed by atoms with van der Waals surface area (Å²) in [6.45, 7) is 5.61. The molecule has 74 valence electrons. The molecule has 14 heavy (non-hydrogen) atoms. The molecule has 0 spiro atoms. The fraction of sp³-hybridized carbons (Fsp3) is 0.545. The number of aryl methyl sites for hydroxylation is 1. The van der Waals surface area contributed by atoms with Crippen LogP contribution in [0.15, 0.2) is 16.2 Å². The lowest BCUT2D eigenvalue weighted by Gasteiger charge is -2.13. The maximum atomic E-state index is 5.19. The topological polar surface area (TPSA) is 29.3 Å². The Hall–Kier alpha value is -1.09. The van der Waals surface area contributed by atoms with Gasteiger partial charge in [-0.25, -0.2) is 0 Å². The summed E-state index contributed by atoms with van der Waals surface area (Å²) in [4.78, 5) is 2.50. The fourth-order valence-corrected chi connectivity index (χ4v) is 2.46. The zero-order valence-corrected chi connectivity index (χ0v) is 8.36. The van der Waals surface area contributed by atoms with E-state index in [4.69, 9.17) is 4.52 Å². The Kier molecular flexibility index (Phi) is 1.74. The Bertz CT molecular complexity index is 380. The molecule has 2 saturated heterocycles. The van der Waals surface area contributed by atoms with Gasteiger partial charge in [0.1, 0.15) is 0 Å². The van der Waals surface area contributed by atoms with Crippen molar-refractivity contribution in [3.63, 3.8) is 0 Å². The van der Waals surface area contributed by atoms with Crippen molar-refractivity contribution in [2.75, 3.05) is 19.6 Å². The highest BCUT2D eigenvalue weighted by Gasteiger charge is 2.33. The predicted octanol–water partition coefficient (Wildman–Crippen LogP) is 1.70. The zero-order valence-electron chi connectivity index (χ0n) is 8.36. The third kappa shape index (κ3) is 1.28. The van der Waals surface area contributed by atoms with E-state index < -0.39 is 0 Å². The van der Waals surface area contributed by atoms with Crippen LogP contribution >= 0.6 is 0 Å². The summed E-state index contributed by atoms with van der Waals surface area (Å²) in [5, 5.41) is 3.89. The highest BCUT2D eigenvalue weighted by atomic mass is 16.5. The molecule has 3 nitrogen and oxygen atoms in total. The van der Waals surface area contributed by atoms with Crippen molar-refractivity contribution in [1.29, 1.82) is 0 Å². The van der Waals surface area contributed by atoms with Crippen LogP contribution in [0, 0.1) is 12.8 Å². The van der Waals surface area contributed by atoms with Gasteiger partial charge in [-0.2, -0.15) is 0 Å². The van der Waals surface area contributed by atoms with Crippen molar-refractivity contribution >= 4 is 6.08 Å². The molecule has 0 saturated carbocycles. The summed E-state index contributed by atoms with van der Waals surface area (Å²) in [6.07, 6.45) is 3.49. The minimum absolute atomic E-state index is 0.778. The Morgan fingerprint density at radius 1 is 1.64 bits per heavy atom. The van der Waals surface area contributed by atoms with Crippen LogP contribution in [0.25, 0.3) is 6.08 Å². The van der Waals surface area contributed by atoms with Gasteiger partial charge in [0.25, 0.3) is 0 Å². The quantitative estimate of drug-likeness (QED) is 0.675. The third-order valence-corrected chi connectivity index (χ3v) is 3.18. The molecule has 0 radical (unpaired) electrons. The molecule has 1 aromatic heterocycles. The van der Waals surface area contributed by atoms with Gasteiger partial charge in [0.15, 0.2) is 5.76 Å². The summed E-state index contributed by atoms with van der Waals surface area (Å²) in [5.74, 6) is 1.69. The Morgan fingerprint density at radius 2 is 2.57 bits per heavy atom. The fourth-order valence-electron chi connectivity index (χ4n) is 2.46. The maximum Gasteiger partial charge on any atom is 0.159 e. The van der Waals surface area contributed by atoms with Gasteiger partial charge < -0.3 is 4.52 Å². The number of fused-ring (bicyclic) bond motifs is 2. The van der Waals surface area contributed by atoms with E-state index in [2.05, 4.69) is 16.1 Å². The van der Waals surface area contributed by atoms with Crippen molar-refractivity contribution in [1.82, 2.24) is 10.1 Å². The van der Waals surface area contributed by atoms with Gasteiger partial charge in [-0.1, -0.05) is 5.16 Å². The first-order valence-electron chi connectivity index (χ1n) is 5.17. The largest absolute Gasteiger partial charge is 0.357 e. The van der Waals surface area contributed by atoms with Crippen LogP contribution in [0.2, 0.25) is 0 Å². The summed E-state index contributed by atoms with van der Waals surface area (Å²) in [6, 6.07) is 1.99. The maximum absolute atomic E-state index is 5.19. The molecule has 2 bridgehead atoms. The van der Waals surface area contributed by atoms with Gasteiger partial charge in [0, 0.05) is 19.2 Å². The average Bonchev–Trinajstić information content (AvgIpc) is 2.82. The Labute approximate surface area is 83.4 Å². The second-order valence-corrected chi connectivity index (χ2v) is 4.31. The number of nitrogens with zero attached hydrogens (tertiary/aromatic N) is 2. The first-order valence-corrected chi connectivity index (χ1v) is 5.17. The van der Waals surface area contributed by atoms with Gasteiger partial charge in [-0.3, -0.25) is 4.90 Å². The number of hydrogen-bond donors (Lipinski definition) is 0. The molecule has 2 atom stereocenters. The minimum Gasteiger partial charge on any atom is -0.357 e. The lowest BCUT2D eigenvalue weighted by atomic mass is 9.98. The highest BCUT2D eigenvalue weighted by molar-refractivity contribution is 5.50. The number of piperidine rings is 1. The molecule has 1 unspecified atom stereocenters. The molecule has 3 rings (SSSR count). The molecule has 0 aliphatic carbocycles. The van der Waals surface area contributed by atoms with Crippen molar-refractivity contribution in [2.24, 2.45) is 5.92 Å². The van der Waals surface area contributed by atoms with E-state index in [1.54, 1.807) is 0 Å². The Morgan fingerprint density at radius 3 is 3.14 bits per heavy atom. The molecule has 0 aromatic carbocycles. The van der Waals surface area contributed by atoms with Crippen molar-refractivity contribution < 1.29 is 4.52 Å². The van der Waals surface area contributed by atoms with Crippen LogP contribution < -0.4 is 0 Å². The first kappa shape index (κ1) is 8.24. The SMILES string of the molecule is Cc1cc(/C=C2\CN3CC[C@@H]2C3)on1. The normalized spacial score (nSPS) is 33.1. The van der Waals surface area contributed by atoms with Crippen LogP contribution in [0.5, 0.6) is 0 Å². The summed E-state index contributed by atoms with van der Waals surface area (Å²) in [7, 11) is 0. The standard InChI is InChI=1S/C11H14N2O/c1-8-4-11(14-12-8)5-10-7-13-3-2-9(10)6-13/h4-5,9H,2-3,6-7H2,1H3/b10-5+/t9-/m1/s1. The monoisotopic (exact) mass is 190 g/mol. The van der Waals surface area contributed by atoms with E-state index in [1.165, 1.54) is 25.1 Å². The molecular weight excluding hydrogens is 176 g/mol. The second kappa shape index (κ2) is 2.95. The van der Waals surface area contributed by atoms with Crippen LogP contribution in [0.4, 0.5) is 0 Å². The second-order valence-electron chi connectivity index (χ2n) is 4.31. The van der Waals surface area contributed by atoms with E-state index >= 15 is 0 Å². The lowest BCUT2D eigenvalue weighted by molar-refractivity contribution is 0.391. The van der Waals surface area contributed by atoms with Crippen LogP contribution in [-0.2, 0) is 0 Å². The Balaban J connectivity index is 1.85. The van der Waals surface area contributed by atoms with Gasteiger partial charge in [0.05, 0.1) is 5.69 Å². The van der Waals surface area contributed by atoms with E-state index in [-0.39, 0.29) is 0 Å². The lowest BCUT2D eigenvalue weighted by Crippen LogP contribution is -2.17. The van der Waals surface area contributed by atoms with Crippen molar-refractivity contribution in [3.05, 3.63) is 23.1 Å². The van der Waals surface area contributed by atoms with E-state index in [1.807, 2.05) is 13.0 Å².